The first-order valence-electron chi connectivity index (χ1n) is 8.40. The minimum absolute atomic E-state index is 0.243. The van der Waals surface area contributed by atoms with Gasteiger partial charge in [-0.05, 0) is 36.4 Å². The van der Waals surface area contributed by atoms with Gasteiger partial charge in [-0.1, -0.05) is 29.5 Å². The fraction of sp³-hybridized carbons (Fsp3) is 0. The molecule has 0 bridgehead atoms. The van der Waals surface area contributed by atoms with Crippen LogP contribution in [0.5, 0.6) is 0 Å². The maximum atomic E-state index is 9.48. The summed E-state index contributed by atoms with van der Waals surface area (Å²) in [6.45, 7) is 0. The Labute approximate surface area is 158 Å². The van der Waals surface area contributed by atoms with E-state index in [9.17, 15) is 10.5 Å². The first-order chi connectivity index (χ1) is 13.8. The van der Waals surface area contributed by atoms with Gasteiger partial charge in [0.1, 0.15) is 34.4 Å². The standard InChI is InChI=1S/C20H10N8/c21-11-13-9-19(27-18-8-4-3-7-17(18)23-26-27)20(10-14(13)12-22)28-24-15-5-1-2-6-16(15)25-28/h1-10H. The summed E-state index contributed by atoms with van der Waals surface area (Å²) in [4.78, 5) is 1.46. The summed E-state index contributed by atoms with van der Waals surface area (Å²) in [6.07, 6.45) is 0. The summed E-state index contributed by atoms with van der Waals surface area (Å²) >= 11 is 0. The van der Waals surface area contributed by atoms with Crippen molar-refractivity contribution in [2.24, 2.45) is 0 Å². The van der Waals surface area contributed by atoms with E-state index in [0.29, 0.717) is 11.4 Å². The average Bonchev–Trinajstić information content (AvgIpc) is 3.37. The Bertz CT molecular complexity index is 1410. The van der Waals surface area contributed by atoms with E-state index in [-0.39, 0.29) is 11.1 Å². The molecule has 0 spiro atoms. The molecular formula is C20H10N8. The third-order valence-corrected chi connectivity index (χ3v) is 4.44. The molecule has 3 aromatic carbocycles. The van der Waals surface area contributed by atoms with Crippen molar-refractivity contribution in [1.29, 1.82) is 10.5 Å². The van der Waals surface area contributed by atoms with E-state index in [0.717, 1.165) is 22.1 Å². The van der Waals surface area contributed by atoms with Gasteiger partial charge in [0.15, 0.2) is 0 Å². The number of nitrogens with zero attached hydrogens (tertiary/aromatic N) is 8. The normalized spacial score (nSPS) is 10.8. The van der Waals surface area contributed by atoms with Crippen molar-refractivity contribution in [1.82, 2.24) is 30.0 Å². The number of hydrogen-bond acceptors (Lipinski definition) is 6. The zero-order valence-electron chi connectivity index (χ0n) is 14.4. The van der Waals surface area contributed by atoms with Gasteiger partial charge in [-0.25, -0.2) is 4.68 Å². The predicted molar refractivity (Wildman–Crippen MR) is 101 cm³/mol. The highest BCUT2D eigenvalue weighted by atomic mass is 15.5. The maximum Gasteiger partial charge on any atom is 0.113 e. The van der Waals surface area contributed by atoms with Gasteiger partial charge in [0.25, 0.3) is 0 Å². The third-order valence-electron chi connectivity index (χ3n) is 4.44. The van der Waals surface area contributed by atoms with Gasteiger partial charge in [-0.2, -0.15) is 10.5 Å². The monoisotopic (exact) mass is 362 g/mol. The Balaban J connectivity index is 1.85. The number of rotatable bonds is 2. The first kappa shape index (κ1) is 15.7. The van der Waals surface area contributed by atoms with Crippen LogP contribution in [0.15, 0.2) is 60.7 Å². The fourth-order valence-corrected chi connectivity index (χ4v) is 3.11. The van der Waals surface area contributed by atoms with Crippen molar-refractivity contribution >= 4 is 22.1 Å². The van der Waals surface area contributed by atoms with Crippen LogP contribution in [0.2, 0.25) is 0 Å². The SMILES string of the molecule is N#Cc1cc(-n2nc3ccccc3n2)c(-n2nnc3ccccc32)cc1C#N. The Morgan fingerprint density at radius 2 is 1.29 bits per heavy atom. The summed E-state index contributed by atoms with van der Waals surface area (Å²) in [5.41, 5.74) is 4.51. The van der Waals surface area contributed by atoms with Gasteiger partial charge < -0.3 is 0 Å². The lowest BCUT2D eigenvalue weighted by atomic mass is 10.1. The highest BCUT2D eigenvalue weighted by molar-refractivity contribution is 5.78. The second-order valence-electron chi connectivity index (χ2n) is 6.08. The number of benzene rings is 3. The lowest BCUT2D eigenvalue weighted by molar-refractivity contribution is 0.741. The molecule has 0 saturated heterocycles. The second-order valence-corrected chi connectivity index (χ2v) is 6.08. The molecule has 2 aromatic heterocycles. The van der Waals surface area contributed by atoms with Crippen LogP contribution in [-0.2, 0) is 0 Å². The van der Waals surface area contributed by atoms with Crippen molar-refractivity contribution in [2.45, 2.75) is 0 Å². The molecule has 2 heterocycles. The Kier molecular flexibility index (Phi) is 3.36. The van der Waals surface area contributed by atoms with Crippen LogP contribution in [0.25, 0.3) is 33.4 Å². The molecule has 0 saturated carbocycles. The molecule has 0 radical (unpaired) electrons. The minimum Gasteiger partial charge on any atom is -0.211 e. The highest BCUT2D eigenvalue weighted by Gasteiger charge is 2.18. The van der Waals surface area contributed by atoms with Crippen LogP contribution in [0.3, 0.4) is 0 Å². The maximum absolute atomic E-state index is 9.48. The Hall–Kier alpha value is -4.56. The van der Waals surface area contributed by atoms with E-state index in [1.54, 1.807) is 16.8 Å². The molecule has 130 valence electrons. The van der Waals surface area contributed by atoms with Gasteiger partial charge in [0.2, 0.25) is 0 Å². The van der Waals surface area contributed by atoms with Crippen LogP contribution in [0.4, 0.5) is 0 Å². The van der Waals surface area contributed by atoms with E-state index in [1.165, 1.54) is 4.80 Å². The van der Waals surface area contributed by atoms with E-state index >= 15 is 0 Å². The lowest BCUT2D eigenvalue weighted by Gasteiger charge is -2.10. The summed E-state index contributed by atoms with van der Waals surface area (Å²) < 4.78 is 1.63. The summed E-state index contributed by atoms with van der Waals surface area (Å²) in [6, 6.07) is 22.3. The van der Waals surface area contributed by atoms with E-state index in [2.05, 4.69) is 32.6 Å². The molecule has 0 atom stereocenters. The van der Waals surface area contributed by atoms with E-state index in [1.807, 2.05) is 48.5 Å². The van der Waals surface area contributed by atoms with Gasteiger partial charge in [-0.3, -0.25) is 0 Å². The molecule has 5 aromatic rings. The Morgan fingerprint density at radius 3 is 1.93 bits per heavy atom. The van der Waals surface area contributed by atoms with Gasteiger partial charge in [0, 0.05) is 0 Å². The van der Waals surface area contributed by atoms with Crippen molar-refractivity contribution in [3.63, 3.8) is 0 Å². The topological polar surface area (TPSA) is 109 Å². The van der Waals surface area contributed by atoms with Gasteiger partial charge >= 0.3 is 0 Å². The second kappa shape index (κ2) is 6.01. The number of nitriles is 2. The summed E-state index contributed by atoms with van der Waals surface area (Å²) in [5, 5.41) is 36.4. The third kappa shape index (κ3) is 2.30. The van der Waals surface area contributed by atoms with E-state index in [4.69, 9.17) is 0 Å². The summed E-state index contributed by atoms with van der Waals surface area (Å²) in [7, 11) is 0. The molecule has 0 unspecified atom stereocenters. The van der Waals surface area contributed by atoms with Crippen LogP contribution in [0.1, 0.15) is 11.1 Å². The molecule has 0 aliphatic rings. The van der Waals surface area contributed by atoms with Gasteiger partial charge in [0.05, 0.1) is 22.3 Å². The minimum atomic E-state index is 0.243. The molecule has 8 nitrogen and oxygen atoms in total. The number of fused-ring (bicyclic) bond motifs is 2. The van der Waals surface area contributed by atoms with Crippen molar-refractivity contribution in [3.05, 3.63) is 71.8 Å². The van der Waals surface area contributed by atoms with Crippen LogP contribution in [0, 0.1) is 22.7 Å². The molecule has 0 fully saturated rings. The van der Waals surface area contributed by atoms with Crippen molar-refractivity contribution < 1.29 is 0 Å². The van der Waals surface area contributed by atoms with Crippen LogP contribution < -0.4 is 0 Å². The molecule has 0 amide bonds. The van der Waals surface area contributed by atoms with Crippen LogP contribution >= 0.6 is 0 Å². The number of aromatic nitrogens is 6. The average molecular weight is 362 g/mol. The number of para-hydroxylation sites is 1. The molecule has 28 heavy (non-hydrogen) atoms. The smallest absolute Gasteiger partial charge is 0.113 e. The molecule has 5 rings (SSSR count). The quantitative estimate of drug-likeness (QED) is 0.478. The largest absolute Gasteiger partial charge is 0.211 e. The van der Waals surface area contributed by atoms with E-state index < -0.39 is 0 Å². The van der Waals surface area contributed by atoms with Crippen LogP contribution in [-0.4, -0.2) is 30.0 Å². The molecular weight excluding hydrogens is 352 g/mol. The zero-order chi connectivity index (χ0) is 19.1. The molecule has 8 heteroatoms. The summed E-state index contributed by atoms with van der Waals surface area (Å²) in [5.74, 6) is 0. The van der Waals surface area contributed by atoms with Crippen molar-refractivity contribution in [2.75, 3.05) is 0 Å². The molecule has 0 aliphatic heterocycles. The Morgan fingerprint density at radius 1 is 0.714 bits per heavy atom. The zero-order valence-corrected chi connectivity index (χ0v) is 14.4. The number of hydrogen-bond donors (Lipinski definition) is 0. The fourth-order valence-electron chi connectivity index (χ4n) is 3.11. The predicted octanol–water partition coefficient (Wildman–Crippen LogP) is 2.90. The molecule has 0 N–H and O–H groups in total. The molecule has 0 aliphatic carbocycles. The van der Waals surface area contributed by atoms with Gasteiger partial charge in [-0.15, -0.1) is 20.1 Å². The highest BCUT2D eigenvalue weighted by Crippen LogP contribution is 2.26. The lowest BCUT2D eigenvalue weighted by Crippen LogP contribution is -2.08. The van der Waals surface area contributed by atoms with Crippen molar-refractivity contribution in [3.8, 4) is 23.5 Å². The first-order valence-corrected chi connectivity index (χ1v) is 8.40.